The number of amides is 1. The van der Waals surface area contributed by atoms with E-state index in [0.29, 0.717) is 18.1 Å². The second kappa shape index (κ2) is 5.40. The summed E-state index contributed by atoms with van der Waals surface area (Å²) in [5, 5.41) is 7.12. The summed E-state index contributed by atoms with van der Waals surface area (Å²) in [7, 11) is 1.66. The highest BCUT2D eigenvalue weighted by atomic mass is 35.5. The largest absolute Gasteiger partial charge is 0.467 e. The van der Waals surface area contributed by atoms with Crippen molar-refractivity contribution in [2.75, 3.05) is 5.32 Å². The maximum Gasteiger partial charge on any atom is 0.267 e. The van der Waals surface area contributed by atoms with Crippen LogP contribution in [0.2, 0.25) is 0 Å². The molecule has 0 bridgehead atoms. The molecule has 2 heterocycles. The highest BCUT2D eigenvalue weighted by Gasteiger charge is 2.09. The maximum absolute atomic E-state index is 11.0. The molecule has 2 aromatic heterocycles. The van der Waals surface area contributed by atoms with E-state index in [4.69, 9.17) is 10.2 Å². The average Bonchev–Trinajstić information content (AvgIpc) is 2.83. The first-order valence-corrected chi connectivity index (χ1v) is 4.77. The number of aryl methyl sites for hydroxylation is 1. The Hall–Kier alpha value is -1.95. The summed E-state index contributed by atoms with van der Waals surface area (Å²) >= 11 is 0. The molecule has 0 saturated heterocycles. The van der Waals surface area contributed by atoms with Crippen molar-refractivity contribution < 1.29 is 9.21 Å². The van der Waals surface area contributed by atoms with Crippen LogP contribution >= 0.6 is 12.4 Å². The molecule has 0 aliphatic rings. The minimum atomic E-state index is -0.499. The SMILES string of the molecule is Cl.Cn1nc(NCc2ccco2)cc1C(N)=O. The van der Waals surface area contributed by atoms with Crippen molar-refractivity contribution >= 4 is 24.1 Å². The lowest BCUT2D eigenvalue weighted by Crippen LogP contribution is -2.15. The summed E-state index contributed by atoms with van der Waals surface area (Å²) in [5.41, 5.74) is 5.54. The number of furan rings is 1. The minimum Gasteiger partial charge on any atom is -0.467 e. The third-order valence-electron chi connectivity index (χ3n) is 2.16. The molecule has 92 valence electrons. The Labute approximate surface area is 104 Å². The molecule has 0 atom stereocenters. The van der Waals surface area contributed by atoms with Crippen LogP contribution in [0.3, 0.4) is 0 Å². The lowest BCUT2D eigenvalue weighted by Gasteiger charge is -1.98. The Kier molecular flexibility index (Phi) is 4.17. The quantitative estimate of drug-likeness (QED) is 0.859. The van der Waals surface area contributed by atoms with Gasteiger partial charge < -0.3 is 15.5 Å². The first-order valence-electron chi connectivity index (χ1n) is 4.77. The fourth-order valence-electron chi connectivity index (χ4n) is 1.38. The van der Waals surface area contributed by atoms with E-state index in [9.17, 15) is 4.79 Å². The van der Waals surface area contributed by atoms with E-state index in [1.54, 1.807) is 19.4 Å². The monoisotopic (exact) mass is 256 g/mol. The van der Waals surface area contributed by atoms with Crippen LogP contribution in [0.4, 0.5) is 5.82 Å². The third kappa shape index (κ3) is 3.01. The lowest BCUT2D eigenvalue weighted by molar-refractivity contribution is 0.0991. The highest BCUT2D eigenvalue weighted by molar-refractivity contribution is 5.91. The van der Waals surface area contributed by atoms with Gasteiger partial charge in [-0.15, -0.1) is 12.4 Å². The number of hydrogen-bond acceptors (Lipinski definition) is 4. The van der Waals surface area contributed by atoms with Gasteiger partial charge in [0.05, 0.1) is 12.8 Å². The molecule has 0 fully saturated rings. The molecular weight excluding hydrogens is 244 g/mol. The Balaban J connectivity index is 0.00000144. The van der Waals surface area contributed by atoms with Gasteiger partial charge in [-0.1, -0.05) is 0 Å². The number of aromatic nitrogens is 2. The third-order valence-corrected chi connectivity index (χ3v) is 2.16. The van der Waals surface area contributed by atoms with Gasteiger partial charge in [-0.3, -0.25) is 9.48 Å². The molecule has 0 aromatic carbocycles. The molecule has 2 rings (SSSR count). The number of nitrogens with two attached hydrogens (primary N) is 1. The molecule has 6 nitrogen and oxygen atoms in total. The van der Waals surface area contributed by atoms with Gasteiger partial charge in [-0.05, 0) is 12.1 Å². The van der Waals surface area contributed by atoms with Gasteiger partial charge in [-0.25, -0.2) is 0 Å². The van der Waals surface area contributed by atoms with E-state index in [0.717, 1.165) is 5.76 Å². The number of primary amides is 1. The van der Waals surface area contributed by atoms with E-state index in [1.165, 1.54) is 4.68 Å². The Morgan fingerprint density at radius 1 is 1.65 bits per heavy atom. The summed E-state index contributed by atoms with van der Waals surface area (Å²) in [5.74, 6) is 0.889. The van der Waals surface area contributed by atoms with Crippen molar-refractivity contribution in [1.29, 1.82) is 0 Å². The number of anilines is 1. The molecule has 3 N–H and O–H groups in total. The number of rotatable bonds is 4. The molecule has 2 aromatic rings. The van der Waals surface area contributed by atoms with Crippen LogP contribution in [0.1, 0.15) is 16.2 Å². The number of carbonyl (C=O) groups is 1. The van der Waals surface area contributed by atoms with Crippen LogP contribution in [0.5, 0.6) is 0 Å². The Morgan fingerprint density at radius 2 is 2.41 bits per heavy atom. The number of carbonyl (C=O) groups excluding carboxylic acids is 1. The predicted molar refractivity (Wildman–Crippen MR) is 65.0 cm³/mol. The van der Waals surface area contributed by atoms with Gasteiger partial charge in [-0.2, -0.15) is 5.10 Å². The zero-order chi connectivity index (χ0) is 11.5. The van der Waals surface area contributed by atoms with Crippen molar-refractivity contribution in [2.45, 2.75) is 6.54 Å². The topological polar surface area (TPSA) is 86.1 Å². The van der Waals surface area contributed by atoms with Crippen LogP contribution in [-0.2, 0) is 13.6 Å². The van der Waals surface area contributed by atoms with Crippen molar-refractivity contribution in [3.63, 3.8) is 0 Å². The number of nitrogens with one attached hydrogen (secondary N) is 1. The maximum atomic E-state index is 11.0. The van der Waals surface area contributed by atoms with E-state index in [-0.39, 0.29) is 12.4 Å². The standard InChI is InChI=1S/C10H12N4O2.ClH/c1-14-8(10(11)15)5-9(13-14)12-6-7-3-2-4-16-7;/h2-5H,6H2,1H3,(H2,11,15)(H,12,13);1H. The molecule has 0 aliphatic heterocycles. The molecule has 0 radical (unpaired) electrons. The number of hydrogen-bond donors (Lipinski definition) is 2. The lowest BCUT2D eigenvalue weighted by atomic mass is 10.4. The smallest absolute Gasteiger partial charge is 0.267 e. The van der Waals surface area contributed by atoms with Crippen molar-refractivity contribution in [3.8, 4) is 0 Å². The molecular formula is C10H13ClN4O2. The zero-order valence-electron chi connectivity index (χ0n) is 9.21. The van der Waals surface area contributed by atoms with Gasteiger partial charge >= 0.3 is 0 Å². The van der Waals surface area contributed by atoms with Crippen molar-refractivity contribution in [1.82, 2.24) is 9.78 Å². The van der Waals surface area contributed by atoms with Crippen LogP contribution in [0.25, 0.3) is 0 Å². The normalized spacial score (nSPS) is 9.71. The number of nitrogens with zero attached hydrogens (tertiary/aromatic N) is 2. The zero-order valence-corrected chi connectivity index (χ0v) is 10.0. The Bertz CT molecular complexity index is 492. The predicted octanol–water partition coefficient (Wildman–Crippen LogP) is 1.15. The summed E-state index contributed by atoms with van der Waals surface area (Å²) in [6.45, 7) is 0.516. The van der Waals surface area contributed by atoms with Gasteiger partial charge in [0.25, 0.3) is 5.91 Å². The van der Waals surface area contributed by atoms with E-state index < -0.39 is 5.91 Å². The van der Waals surface area contributed by atoms with Crippen molar-refractivity contribution in [3.05, 3.63) is 35.9 Å². The van der Waals surface area contributed by atoms with Crippen molar-refractivity contribution in [2.24, 2.45) is 12.8 Å². The fourth-order valence-corrected chi connectivity index (χ4v) is 1.38. The first-order chi connectivity index (χ1) is 7.66. The minimum absolute atomic E-state index is 0. The molecule has 17 heavy (non-hydrogen) atoms. The molecule has 0 spiro atoms. The number of halogens is 1. The Morgan fingerprint density at radius 3 is 2.94 bits per heavy atom. The van der Waals surface area contributed by atoms with Crippen LogP contribution in [0.15, 0.2) is 28.9 Å². The highest BCUT2D eigenvalue weighted by Crippen LogP contribution is 2.09. The summed E-state index contributed by atoms with van der Waals surface area (Å²) in [6, 6.07) is 5.26. The average molecular weight is 257 g/mol. The van der Waals surface area contributed by atoms with Gasteiger partial charge in [0, 0.05) is 13.1 Å². The van der Waals surface area contributed by atoms with E-state index >= 15 is 0 Å². The molecule has 1 amide bonds. The molecule has 0 saturated carbocycles. The van der Waals surface area contributed by atoms with Crippen LogP contribution < -0.4 is 11.1 Å². The molecule has 0 aliphatic carbocycles. The van der Waals surface area contributed by atoms with Crippen LogP contribution in [-0.4, -0.2) is 15.7 Å². The second-order valence-electron chi connectivity index (χ2n) is 3.34. The molecule has 7 heteroatoms. The summed E-state index contributed by atoms with van der Waals surface area (Å²) < 4.78 is 6.59. The summed E-state index contributed by atoms with van der Waals surface area (Å²) in [4.78, 5) is 11.0. The second-order valence-corrected chi connectivity index (χ2v) is 3.34. The van der Waals surface area contributed by atoms with E-state index in [1.807, 2.05) is 12.1 Å². The van der Waals surface area contributed by atoms with Gasteiger partial charge in [0.2, 0.25) is 0 Å². The summed E-state index contributed by atoms with van der Waals surface area (Å²) in [6.07, 6.45) is 1.60. The molecule has 0 unspecified atom stereocenters. The van der Waals surface area contributed by atoms with Crippen LogP contribution in [0, 0.1) is 0 Å². The fraction of sp³-hybridized carbons (Fsp3) is 0.200. The van der Waals surface area contributed by atoms with E-state index in [2.05, 4.69) is 10.4 Å². The first kappa shape index (κ1) is 13.1. The van der Waals surface area contributed by atoms with Gasteiger partial charge in [0.1, 0.15) is 17.3 Å². The van der Waals surface area contributed by atoms with Gasteiger partial charge in [0.15, 0.2) is 0 Å².